The third kappa shape index (κ3) is 3.82. The minimum absolute atomic E-state index is 0.0765. The summed E-state index contributed by atoms with van der Waals surface area (Å²) in [5.74, 6) is -0.812. The van der Waals surface area contributed by atoms with E-state index in [1.807, 2.05) is 0 Å². The Labute approximate surface area is 179 Å². The Bertz CT molecular complexity index is 1290. The highest BCUT2D eigenvalue weighted by atomic mass is 32.1. The van der Waals surface area contributed by atoms with E-state index in [-0.39, 0.29) is 22.1 Å². The molecule has 0 fully saturated rings. The molecule has 0 unspecified atom stereocenters. The van der Waals surface area contributed by atoms with Crippen molar-refractivity contribution in [2.45, 2.75) is 6.92 Å². The van der Waals surface area contributed by atoms with Crippen LogP contribution >= 0.6 is 11.3 Å². The number of tetrazole rings is 1. The molecule has 2 heterocycles. The summed E-state index contributed by atoms with van der Waals surface area (Å²) >= 11 is 1.06. The van der Waals surface area contributed by atoms with Crippen molar-refractivity contribution in [2.24, 2.45) is 7.05 Å². The Morgan fingerprint density at radius 3 is 2.68 bits per heavy atom. The highest BCUT2D eigenvalue weighted by Crippen LogP contribution is 2.40. The molecule has 31 heavy (non-hydrogen) atoms. The van der Waals surface area contributed by atoms with Crippen molar-refractivity contribution in [2.75, 3.05) is 7.11 Å². The Hall–Kier alpha value is -3.86. The van der Waals surface area contributed by atoms with Gasteiger partial charge in [0.2, 0.25) is 5.75 Å². The van der Waals surface area contributed by atoms with E-state index >= 15 is 0 Å². The molecule has 11 heteroatoms. The summed E-state index contributed by atoms with van der Waals surface area (Å²) < 4.78 is 27.0. The largest absolute Gasteiger partial charge is 0.493 e. The van der Waals surface area contributed by atoms with E-state index in [1.165, 1.54) is 23.9 Å². The van der Waals surface area contributed by atoms with Crippen LogP contribution in [0.15, 0.2) is 36.4 Å². The van der Waals surface area contributed by atoms with E-state index in [2.05, 4.69) is 20.5 Å². The fourth-order valence-corrected chi connectivity index (χ4v) is 3.86. The zero-order valence-electron chi connectivity index (χ0n) is 16.7. The maximum absolute atomic E-state index is 14.4. The van der Waals surface area contributed by atoms with E-state index in [9.17, 15) is 14.3 Å². The molecule has 0 bridgehead atoms. The van der Waals surface area contributed by atoms with Crippen molar-refractivity contribution in [1.29, 1.82) is 0 Å². The minimum atomic E-state index is -1.04. The molecule has 0 spiro atoms. The third-order valence-electron chi connectivity index (χ3n) is 4.44. The van der Waals surface area contributed by atoms with Crippen molar-refractivity contribution in [3.05, 3.63) is 52.8 Å². The maximum Gasteiger partial charge on any atom is 0.347 e. The molecule has 0 amide bonds. The predicted molar refractivity (Wildman–Crippen MR) is 110 cm³/mol. The number of nitrogens with zero attached hydrogens (tertiary/aromatic N) is 5. The van der Waals surface area contributed by atoms with Gasteiger partial charge in [-0.3, -0.25) is 0 Å². The van der Waals surface area contributed by atoms with E-state index in [1.54, 1.807) is 38.2 Å². The fourth-order valence-electron chi connectivity index (χ4n) is 2.96. The van der Waals surface area contributed by atoms with Crippen LogP contribution in [-0.2, 0) is 7.05 Å². The first kappa shape index (κ1) is 20.4. The van der Waals surface area contributed by atoms with Crippen molar-refractivity contribution >= 4 is 17.3 Å². The first-order valence-corrected chi connectivity index (χ1v) is 9.79. The molecule has 158 valence electrons. The molecule has 0 aliphatic carbocycles. The number of carbonyl (C=O) groups is 1. The van der Waals surface area contributed by atoms with Gasteiger partial charge < -0.3 is 14.6 Å². The van der Waals surface area contributed by atoms with Gasteiger partial charge in [0.1, 0.15) is 15.6 Å². The van der Waals surface area contributed by atoms with Crippen LogP contribution in [0.2, 0.25) is 0 Å². The summed E-state index contributed by atoms with van der Waals surface area (Å²) in [7, 11) is 3.08. The van der Waals surface area contributed by atoms with Gasteiger partial charge in [-0.1, -0.05) is 6.07 Å². The second-order valence-corrected chi connectivity index (χ2v) is 7.45. The summed E-state index contributed by atoms with van der Waals surface area (Å²) in [6.07, 6.45) is 0. The molecule has 0 aliphatic heterocycles. The second-order valence-electron chi connectivity index (χ2n) is 6.45. The average molecular weight is 441 g/mol. The van der Waals surface area contributed by atoms with Crippen LogP contribution in [0.25, 0.3) is 22.0 Å². The Morgan fingerprint density at radius 1 is 1.23 bits per heavy atom. The predicted octanol–water partition coefficient (Wildman–Crippen LogP) is 3.95. The van der Waals surface area contributed by atoms with E-state index in [0.717, 1.165) is 11.3 Å². The first-order valence-electron chi connectivity index (χ1n) is 8.97. The normalized spacial score (nSPS) is 10.8. The Kier molecular flexibility index (Phi) is 5.34. The molecule has 0 atom stereocenters. The number of rotatable bonds is 6. The topological polar surface area (TPSA) is 112 Å². The van der Waals surface area contributed by atoms with E-state index in [0.29, 0.717) is 27.7 Å². The van der Waals surface area contributed by atoms with Crippen LogP contribution in [0.5, 0.6) is 17.2 Å². The second kappa shape index (κ2) is 8.11. The number of aromatic carboxylic acids is 1. The summed E-state index contributed by atoms with van der Waals surface area (Å²) in [5, 5.41) is 21.4. The van der Waals surface area contributed by atoms with Gasteiger partial charge in [-0.25, -0.2) is 18.9 Å². The number of aromatic nitrogens is 5. The monoisotopic (exact) mass is 441 g/mol. The number of thiazole rings is 1. The quantitative estimate of drug-likeness (QED) is 0.479. The van der Waals surface area contributed by atoms with Gasteiger partial charge in [0, 0.05) is 12.6 Å². The van der Waals surface area contributed by atoms with Gasteiger partial charge in [-0.2, -0.15) is 0 Å². The molecule has 1 N–H and O–H groups in total. The smallest absolute Gasteiger partial charge is 0.347 e. The lowest BCUT2D eigenvalue weighted by atomic mass is 10.1. The van der Waals surface area contributed by atoms with Gasteiger partial charge in [0.05, 0.1) is 18.4 Å². The van der Waals surface area contributed by atoms with E-state index in [4.69, 9.17) is 9.47 Å². The van der Waals surface area contributed by atoms with Crippen molar-refractivity contribution in [3.8, 4) is 39.2 Å². The average Bonchev–Trinajstić information content (AvgIpc) is 3.35. The number of para-hydroxylation sites is 1. The first-order chi connectivity index (χ1) is 14.9. The standard InChI is InChI=1S/C20H16FN5O4S/c1-10-17(20(27)28)31-19(22-10)11-7-8-14(12(9-11)18-23-24-25-26(18)2)30-16-13(21)5-4-6-15(16)29-3/h4-9H,1-3H3,(H,27,28). The van der Waals surface area contributed by atoms with Crippen LogP contribution in [0.1, 0.15) is 15.4 Å². The van der Waals surface area contributed by atoms with Crippen molar-refractivity contribution < 1.29 is 23.8 Å². The summed E-state index contributed by atoms with van der Waals surface area (Å²) in [4.78, 5) is 15.9. The molecule has 0 saturated carbocycles. The lowest BCUT2D eigenvalue weighted by molar-refractivity contribution is 0.0701. The lowest BCUT2D eigenvalue weighted by Gasteiger charge is -2.14. The molecular weight excluding hydrogens is 425 g/mol. The molecule has 0 aliphatic rings. The number of halogens is 1. The van der Waals surface area contributed by atoms with Gasteiger partial charge in [0.25, 0.3) is 0 Å². The number of benzene rings is 2. The number of ether oxygens (including phenoxy) is 2. The number of hydrogen-bond acceptors (Lipinski definition) is 8. The SMILES string of the molecule is COc1cccc(F)c1Oc1ccc(-c2nc(C)c(C(=O)O)s2)cc1-c1nnnn1C. The number of carboxylic acids is 1. The number of hydrogen-bond donors (Lipinski definition) is 1. The summed E-state index contributed by atoms with van der Waals surface area (Å²) in [6.45, 7) is 1.64. The highest BCUT2D eigenvalue weighted by Gasteiger charge is 2.21. The Morgan fingerprint density at radius 2 is 2.03 bits per heavy atom. The number of aryl methyl sites for hydroxylation is 2. The van der Waals surface area contributed by atoms with Crippen molar-refractivity contribution in [3.63, 3.8) is 0 Å². The molecule has 2 aromatic heterocycles. The van der Waals surface area contributed by atoms with Gasteiger partial charge in [-0.05, 0) is 47.7 Å². The fraction of sp³-hybridized carbons (Fsp3) is 0.150. The van der Waals surface area contributed by atoms with Crippen LogP contribution < -0.4 is 9.47 Å². The molecule has 0 saturated heterocycles. The third-order valence-corrected chi connectivity index (χ3v) is 5.64. The zero-order chi connectivity index (χ0) is 22.1. The van der Waals surface area contributed by atoms with Crippen LogP contribution in [0.3, 0.4) is 0 Å². The minimum Gasteiger partial charge on any atom is -0.493 e. The zero-order valence-corrected chi connectivity index (χ0v) is 17.5. The molecule has 4 aromatic rings. The lowest BCUT2D eigenvalue weighted by Crippen LogP contribution is -1.99. The highest BCUT2D eigenvalue weighted by molar-refractivity contribution is 7.17. The summed E-state index contributed by atoms with van der Waals surface area (Å²) in [5.41, 5.74) is 1.54. The molecule has 9 nitrogen and oxygen atoms in total. The van der Waals surface area contributed by atoms with Gasteiger partial charge in [0.15, 0.2) is 17.4 Å². The van der Waals surface area contributed by atoms with Gasteiger partial charge in [-0.15, -0.1) is 16.4 Å². The molecule has 0 radical (unpaired) electrons. The summed E-state index contributed by atoms with van der Waals surface area (Å²) in [6, 6.07) is 9.42. The van der Waals surface area contributed by atoms with Crippen LogP contribution in [-0.4, -0.2) is 43.4 Å². The molecule has 2 aromatic carbocycles. The van der Waals surface area contributed by atoms with Crippen LogP contribution in [0, 0.1) is 12.7 Å². The number of carboxylic acid groups (broad SMARTS) is 1. The Balaban J connectivity index is 1.85. The van der Waals surface area contributed by atoms with Crippen LogP contribution in [0.4, 0.5) is 4.39 Å². The van der Waals surface area contributed by atoms with E-state index < -0.39 is 11.8 Å². The molecular formula is C20H16FN5O4S. The maximum atomic E-state index is 14.4. The van der Waals surface area contributed by atoms with Crippen molar-refractivity contribution in [1.82, 2.24) is 25.2 Å². The van der Waals surface area contributed by atoms with Gasteiger partial charge >= 0.3 is 5.97 Å². The molecule has 4 rings (SSSR count). The number of methoxy groups -OCH3 is 1.